The fraction of sp³-hybridized carbons (Fsp3) is 0.133. The minimum Gasteiger partial charge on any atom is -0.494 e. The minimum absolute atomic E-state index is 0.0116. The van der Waals surface area contributed by atoms with E-state index in [-0.39, 0.29) is 17.0 Å². The van der Waals surface area contributed by atoms with Gasteiger partial charge in [-0.3, -0.25) is 4.79 Å². The van der Waals surface area contributed by atoms with Crippen LogP contribution in [0, 0.1) is 5.82 Å². The third kappa shape index (κ3) is 3.67. The molecular weight excluding hydrogens is 347 g/mol. The van der Waals surface area contributed by atoms with Crippen LogP contribution in [0.2, 0.25) is 0 Å². The average molecular weight is 359 g/mol. The van der Waals surface area contributed by atoms with Gasteiger partial charge in [-0.1, -0.05) is 0 Å². The first-order valence-electron chi connectivity index (χ1n) is 6.52. The summed E-state index contributed by atoms with van der Waals surface area (Å²) in [4.78, 5) is 11.4. The summed E-state index contributed by atoms with van der Waals surface area (Å²) in [5.41, 5.74) is 0.182. The Labute approximate surface area is 136 Å². The normalized spacial score (nSPS) is 11.4. The van der Waals surface area contributed by atoms with Crippen molar-refractivity contribution < 1.29 is 31.1 Å². The minimum atomic E-state index is -4.70. The number of alkyl halides is 2. The van der Waals surface area contributed by atoms with Crippen LogP contribution in [0.1, 0.15) is 10.4 Å². The van der Waals surface area contributed by atoms with Crippen LogP contribution in [-0.2, 0) is 9.84 Å². The van der Waals surface area contributed by atoms with E-state index in [2.05, 4.69) is 5.32 Å². The molecule has 0 aliphatic carbocycles. The number of halogens is 3. The monoisotopic (exact) mass is 359 g/mol. The number of sulfone groups is 1. The molecule has 24 heavy (non-hydrogen) atoms. The van der Waals surface area contributed by atoms with Crippen LogP contribution in [0.3, 0.4) is 0 Å². The second-order valence-electron chi connectivity index (χ2n) is 4.63. The molecule has 0 spiro atoms. The molecule has 0 aliphatic rings. The molecule has 2 aromatic rings. The van der Waals surface area contributed by atoms with E-state index in [1.807, 2.05) is 0 Å². The zero-order valence-electron chi connectivity index (χ0n) is 12.3. The van der Waals surface area contributed by atoms with Crippen molar-refractivity contribution in [3.8, 4) is 5.75 Å². The van der Waals surface area contributed by atoms with Gasteiger partial charge in [-0.15, -0.1) is 0 Å². The predicted octanol–water partition coefficient (Wildman–Crippen LogP) is 3.08. The third-order valence-corrected chi connectivity index (χ3v) is 4.49. The molecular formula is C15H12F3NO4S. The predicted molar refractivity (Wildman–Crippen MR) is 80.5 cm³/mol. The Morgan fingerprint density at radius 2 is 1.75 bits per heavy atom. The van der Waals surface area contributed by atoms with Crippen molar-refractivity contribution in [2.75, 3.05) is 12.4 Å². The molecule has 0 aliphatic heterocycles. The molecule has 9 heteroatoms. The van der Waals surface area contributed by atoms with Crippen LogP contribution in [0.15, 0.2) is 47.4 Å². The van der Waals surface area contributed by atoms with Gasteiger partial charge in [-0.2, -0.15) is 8.78 Å². The second-order valence-corrected chi connectivity index (χ2v) is 6.55. The van der Waals surface area contributed by atoms with Gasteiger partial charge >= 0.3 is 5.76 Å². The molecule has 0 atom stereocenters. The molecule has 1 amide bonds. The van der Waals surface area contributed by atoms with Gasteiger partial charge in [0.05, 0.1) is 12.0 Å². The first kappa shape index (κ1) is 17.8. The van der Waals surface area contributed by atoms with Gasteiger partial charge in [-0.25, -0.2) is 12.8 Å². The van der Waals surface area contributed by atoms with Crippen molar-refractivity contribution in [1.82, 2.24) is 0 Å². The standard InChI is InChI=1S/C15H12F3NO4S/c1-23-13-7-2-9(8-12(13)16)14(20)19-10-3-5-11(6-4-10)24(21,22)15(17)18/h2-8,15H,1H3,(H,19,20). The van der Waals surface area contributed by atoms with Crippen LogP contribution in [-0.4, -0.2) is 27.2 Å². The molecule has 0 radical (unpaired) electrons. The lowest BCUT2D eigenvalue weighted by atomic mass is 10.2. The fourth-order valence-electron chi connectivity index (χ4n) is 1.84. The summed E-state index contributed by atoms with van der Waals surface area (Å²) in [5.74, 6) is -4.92. The molecule has 128 valence electrons. The number of benzene rings is 2. The number of ether oxygens (including phenoxy) is 1. The summed E-state index contributed by atoms with van der Waals surface area (Å²) in [6.07, 6.45) is 0. The number of hydrogen-bond acceptors (Lipinski definition) is 4. The highest BCUT2D eigenvalue weighted by Gasteiger charge is 2.26. The number of anilines is 1. The van der Waals surface area contributed by atoms with E-state index in [1.54, 1.807) is 0 Å². The molecule has 0 bridgehead atoms. The highest BCUT2D eigenvalue weighted by atomic mass is 32.2. The number of hydrogen-bond donors (Lipinski definition) is 1. The molecule has 0 aromatic heterocycles. The smallest absolute Gasteiger partial charge is 0.341 e. The van der Waals surface area contributed by atoms with E-state index in [0.717, 1.165) is 30.3 Å². The summed E-state index contributed by atoms with van der Waals surface area (Å²) in [5, 5.41) is 2.40. The number of carbonyl (C=O) groups is 1. The summed E-state index contributed by atoms with van der Waals surface area (Å²) >= 11 is 0. The average Bonchev–Trinajstić information content (AvgIpc) is 2.55. The van der Waals surface area contributed by atoms with Gasteiger partial charge in [0.1, 0.15) is 0 Å². The number of rotatable bonds is 5. The Morgan fingerprint density at radius 1 is 1.12 bits per heavy atom. The SMILES string of the molecule is COc1ccc(C(=O)Nc2ccc(S(=O)(=O)C(F)F)cc2)cc1F. The Bertz CT molecular complexity index is 852. The van der Waals surface area contributed by atoms with Crippen LogP contribution < -0.4 is 10.1 Å². The Morgan fingerprint density at radius 3 is 2.25 bits per heavy atom. The lowest BCUT2D eigenvalue weighted by molar-refractivity contribution is 0.102. The van der Waals surface area contributed by atoms with Crippen LogP contribution in [0.5, 0.6) is 5.75 Å². The van der Waals surface area contributed by atoms with Crippen LogP contribution in [0.25, 0.3) is 0 Å². The van der Waals surface area contributed by atoms with Gasteiger partial charge in [0.2, 0.25) is 9.84 Å². The molecule has 2 aromatic carbocycles. The van der Waals surface area contributed by atoms with Crippen molar-refractivity contribution in [3.05, 3.63) is 53.8 Å². The van der Waals surface area contributed by atoms with Crippen molar-refractivity contribution >= 4 is 21.4 Å². The third-order valence-electron chi connectivity index (χ3n) is 3.09. The first-order valence-corrected chi connectivity index (χ1v) is 8.07. The molecule has 0 saturated heterocycles. The molecule has 0 heterocycles. The maximum Gasteiger partial charge on any atom is 0.341 e. The van der Waals surface area contributed by atoms with Gasteiger partial charge in [-0.05, 0) is 42.5 Å². The molecule has 2 rings (SSSR count). The van der Waals surface area contributed by atoms with E-state index < -0.39 is 32.2 Å². The second kappa shape index (κ2) is 6.91. The lowest BCUT2D eigenvalue weighted by Crippen LogP contribution is -2.13. The van der Waals surface area contributed by atoms with E-state index in [9.17, 15) is 26.4 Å². The molecule has 0 saturated carbocycles. The number of nitrogens with one attached hydrogen (secondary N) is 1. The van der Waals surface area contributed by atoms with Gasteiger partial charge in [0, 0.05) is 11.3 Å². The number of methoxy groups -OCH3 is 1. The van der Waals surface area contributed by atoms with Crippen molar-refractivity contribution in [2.45, 2.75) is 10.7 Å². The number of amides is 1. The zero-order valence-corrected chi connectivity index (χ0v) is 13.1. The number of carbonyl (C=O) groups excluding carboxylic acids is 1. The Kier molecular flexibility index (Phi) is 5.13. The molecule has 5 nitrogen and oxygen atoms in total. The molecule has 0 unspecified atom stereocenters. The van der Waals surface area contributed by atoms with Crippen LogP contribution in [0.4, 0.5) is 18.9 Å². The highest BCUT2D eigenvalue weighted by molar-refractivity contribution is 7.91. The summed E-state index contributed by atoms with van der Waals surface area (Å²) in [6, 6.07) is 7.82. The molecule has 0 fully saturated rings. The van der Waals surface area contributed by atoms with Gasteiger partial charge in [0.25, 0.3) is 5.91 Å². The quantitative estimate of drug-likeness (QED) is 0.890. The maximum absolute atomic E-state index is 13.6. The lowest BCUT2D eigenvalue weighted by Gasteiger charge is -2.08. The van der Waals surface area contributed by atoms with Crippen molar-refractivity contribution in [1.29, 1.82) is 0 Å². The summed E-state index contributed by atoms with van der Waals surface area (Å²) < 4.78 is 65.7. The maximum atomic E-state index is 13.6. The van der Waals surface area contributed by atoms with E-state index >= 15 is 0 Å². The topological polar surface area (TPSA) is 72.5 Å². The fourth-order valence-corrected chi connectivity index (χ4v) is 2.56. The van der Waals surface area contributed by atoms with Crippen molar-refractivity contribution in [3.63, 3.8) is 0 Å². The largest absolute Gasteiger partial charge is 0.494 e. The van der Waals surface area contributed by atoms with Gasteiger partial charge in [0.15, 0.2) is 11.6 Å². The van der Waals surface area contributed by atoms with Crippen LogP contribution >= 0.6 is 0 Å². The van der Waals surface area contributed by atoms with E-state index in [4.69, 9.17) is 4.74 Å². The zero-order chi connectivity index (χ0) is 17.9. The van der Waals surface area contributed by atoms with E-state index in [0.29, 0.717) is 0 Å². The summed E-state index contributed by atoms with van der Waals surface area (Å²) in [7, 11) is -3.41. The Hall–Kier alpha value is -2.55. The van der Waals surface area contributed by atoms with Gasteiger partial charge < -0.3 is 10.1 Å². The van der Waals surface area contributed by atoms with Crippen molar-refractivity contribution in [2.24, 2.45) is 0 Å². The summed E-state index contributed by atoms with van der Waals surface area (Å²) in [6.45, 7) is 0. The molecule has 1 N–H and O–H groups in total. The Balaban J connectivity index is 2.17. The highest BCUT2D eigenvalue weighted by Crippen LogP contribution is 2.21. The first-order chi connectivity index (χ1) is 11.3. The van der Waals surface area contributed by atoms with E-state index in [1.165, 1.54) is 19.2 Å².